The van der Waals surface area contributed by atoms with Gasteiger partial charge in [0.25, 0.3) is 5.56 Å². The number of morpholine rings is 1. The van der Waals surface area contributed by atoms with Gasteiger partial charge in [-0.25, -0.2) is 14.4 Å². The highest BCUT2D eigenvalue weighted by Gasteiger charge is 2.19. The Bertz CT molecular complexity index is 1690. The van der Waals surface area contributed by atoms with Crippen molar-refractivity contribution in [3.63, 3.8) is 0 Å². The van der Waals surface area contributed by atoms with Gasteiger partial charge in [0.2, 0.25) is 0 Å². The SMILES string of the molecule is CN(C)Cc1nc(Nc2cnc(-c3cnc4cc(F)ccn34)c3cc[nH]c(=O)c23)ccc1N1CCOCC1. The third kappa shape index (κ3) is 4.46. The molecule has 5 aromatic rings. The van der Waals surface area contributed by atoms with E-state index < -0.39 is 0 Å². The van der Waals surface area contributed by atoms with Gasteiger partial charge in [-0.2, -0.15) is 0 Å². The first-order chi connectivity index (χ1) is 18.5. The van der Waals surface area contributed by atoms with Gasteiger partial charge < -0.3 is 24.8 Å². The third-order valence-corrected chi connectivity index (χ3v) is 6.56. The van der Waals surface area contributed by atoms with E-state index in [1.54, 1.807) is 35.3 Å². The molecule has 0 atom stereocenters. The summed E-state index contributed by atoms with van der Waals surface area (Å²) in [7, 11) is 4.02. The molecule has 0 bridgehead atoms. The second kappa shape index (κ2) is 9.84. The molecule has 1 saturated heterocycles. The molecule has 1 fully saturated rings. The quantitative estimate of drug-likeness (QED) is 0.355. The van der Waals surface area contributed by atoms with Crippen molar-refractivity contribution in [1.82, 2.24) is 29.2 Å². The molecular formula is C27H27FN8O2. The molecule has 0 radical (unpaired) electrons. The van der Waals surface area contributed by atoms with Crippen LogP contribution in [0.4, 0.5) is 21.6 Å². The normalized spacial score (nSPS) is 14.1. The van der Waals surface area contributed by atoms with E-state index in [0.29, 0.717) is 59.1 Å². The van der Waals surface area contributed by atoms with Crippen LogP contribution in [0.25, 0.3) is 27.8 Å². The molecule has 1 aliphatic rings. The first kappa shape index (κ1) is 24.0. The van der Waals surface area contributed by atoms with Crippen molar-refractivity contribution in [2.45, 2.75) is 6.54 Å². The number of ether oxygens (including phenoxy) is 1. The molecule has 194 valence electrons. The van der Waals surface area contributed by atoms with Crippen LogP contribution in [0, 0.1) is 5.82 Å². The number of hydrogen-bond acceptors (Lipinski definition) is 8. The van der Waals surface area contributed by atoms with Crippen LogP contribution < -0.4 is 15.8 Å². The number of rotatable bonds is 6. The van der Waals surface area contributed by atoms with Crippen molar-refractivity contribution in [3.05, 3.63) is 77.0 Å². The molecule has 0 unspecified atom stereocenters. The van der Waals surface area contributed by atoms with Crippen LogP contribution in [0.2, 0.25) is 0 Å². The first-order valence-electron chi connectivity index (χ1n) is 12.4. The molecule has 2 N–H and O–H groups in total. The van der Waals surface area contributed by atoms with E-state index in [1.165, 1.54) is 12.1 Å². The summed E-state index contributed by atoms with van der Waals surface area (Å²) < 4.78 is 21.0. The number of hydrogen-bond donors (Lipinski definition) is 2. The molecule has 11 heteroatoms. The zero-order chi connectivity index (χ0) is 26.2. The van der Waals surface area contributed by atoms with E-state index >= 15 is 0 Å². The zero-order valence-electron chi connectivity index (χ0n) is 21.1. The van der Waals surface area contributed by atoms with Gasteiger partial charge in [-0.1, -0.05) is 0 Å². The number of imidazole rings is 1. The van der Waals surface area contributed by atoms with Crippen LogP contribution in [0.15, 0.2) is 59.9 Å². The number of halogens is 1. The molecule has 0 aromatic carbocycles. The predicted octanol–water partition coefficient (Wildman–Crippen LogP) is 3.41. The van der Waals surface area contributed by atoms with Crippen molar-refractivity contribution >= 4 is 33.6 Å². The number of aromatic amines is 1. The van der Waals surface area contributed by atoms with E-state index in [0.717, 1.165) is 24.5 Å². The number of H-pyrrole nitrogens is 1. The smallest absolute Gasteiger partial charge is 0.258 e. The second-order valence-corrected chi connectivity index (χ2v) is 9.46. The number of pyridine rings is 4. The van der Waals surface area contributed by atoms with Crippen LogP contribution in [-0.2, 0) is 11.3 Å². The maximum absolute atomic E-state index is 13.7. The van der Waals surface area contributed by atoms with Gasteiger partial charge in [0.05, 0.1) is 59.5 Å². The Balaban J connectivity index is 1.42. The minimum absolute atomic E-state index is 0.257. The van der Waals surface area contributed by atoms with E-state index in [9.17, 15) is 9.18 Å². The van der Waals surface area contributed by atoms with Crippen LogP contribution in [0.1, 0.15) is 5.69 Å². The zero-order valence-corrected chi connectivity index (χ0v) is 21.1. The summed E-state index contributed by atoms with van der Waals surface area (Å²) in [6, 6.07) is 8.50. The van der Waals surface area contributed by atoms with Gasteiger partial charge in [-0.3, -0.25) is 14.2 Å². The lowest BCUT2D eigenvalue weighted by atomic mass is 10.1. The van der Waals surface area contributed by atoms with Crippen LogP contribution in [-0.4, -0.2) is 69.6 Å². The van der Waals surface area contributed by atoms with Crippen LogP contribution in [0.3, 0.4) is 0 Å². The average Bonchev–Trinajstić information content (AvgIpc) is 3.32. The van der Waals surface area contributed by atoms with Crippen LogP contribution in [0.5, 0.6) is 0 Å². The van der Waals surface area contributed by atoms with Gasteiger partial charge in [-0.05, 0) is 38.4 Å². The Morgan fingerprint density at radius 2 is 1.97 bits per heavy atom. The number of nitrogens with zero attached hydrogens (tertiary/aromatic N) is 6. The lowest BCUT2D eigenvalue weighted by molar-refractivity contribution is 0.122. The number of aromatic nitrogens is 5. The fourth-order valence-electron chi connectivity index (χ4n) is 4.85. The molecule has 0 amide bonds. The summed E-state index contributed by atoms with van der Waals surface area (Å²) in [4.78, 5) is 34.1. The highest BCUT2D eigenvalue weighted by molar-refractivity contribution is 6.01. The summed E-state index contributed by atoms with van der Waals surface area (Å²) in [5.41, 5.74) is 3.97. The number of anilines is 3. The van der Waals surface area contributed by atoms with Crippen molar-refractivity contribution in [2.75, 3.05) is 50.6 Å². The van der Waals surface area contributed by atoms with Crippen LogP contribution >= 0.6 is 0 Å². The summed E-state index contributed by atoms with van der Waals surface area (Å²) in [6.07, 6.45) is 6.45. The van der Waals surface area contributed by atoms with Gasteiger partial charge in [0.15, 0.2) is 0 Å². The molecular weight excluding hydrogens is 487 g/mol. The summed E-state index contributed by atoms with van der Waals surface area (Å²) >= 11 is 0. The second-order valence-electron chi connectivity index (χ2n) is 9.46. The summed E-state index contributed by atoms with van der Waals surface area (Å²) in [6.45, 7) is 3.67. The fraction of sp³-hybridized carbons (Fsp3) is 0.259. The first-order valence-corrected chi connectivity index (χ1v) is 12.4. The lowest BCUT2D eigenvalue weighted by Gasteiger charge is -2.31. The summed E-state index contributed by atoms with van der Waals surface area (Å²) in [5, 5.41) is 4.41. The van der Waals surface area contributed by atoms with Crippen molar-refractivity contribution in [3.8, 4) is 11.4 Å². The van der Waals surface area contributed by atoms with Gasteiger partial charge in [0.1, 0.15) is 17.3 Å². The van der Waals surface area contributed by atoms with Gasteiger partial charge >= 0.3 is 0 Å². The Kier molecular flexibility index (Phi) is 6.22. The number of fused-ring (bicyclic) bond motifs is 2. The maximum Gasteiger partial charge on any atom is 0.258 e. The van der Waals surface area contributed by atoms with Crippen molar-refractivity contribution < 1.29 is 9.13 Å². The maximum atomic E-state index is 13.7. The van der Waals surface area contributed by atoms with E-state index in [4.69, 9.17) is 14.7 Å². The Hall–Kier alpha value is -4.35. The predicted molar refractivity (Wildman–Crippen MR) is 144 cm³/mol. The monoisotopic (exact) mass is 514 g/mol. The Morgan fingerprint density at radius 1 is 1.13 bits per heavy atom. The van der Waals surface area contributed by atoms with E-state index in [-0.39, 0.29) is 11.4 Å². The van der Waals surface area contributed by atoms with E-state index in [1.807, 2.05) is 20.2 Å². The molecule has 38 heavy (non-hydrogen) atoms. The molecule has 0 aliphatic carbocycles. The number of nitrogens with one attached hydrogen (secondary N) is 2. The molecule has 6 heterocycles. The van der Waals surface area contributed by atoms with Crippen molar-refractivity contribution in [1.29, 1.82) is 0 Å². The van der Waals surface area contributed by atoms with Gasteiger partial charge in [-0.15, -0.1) is 0 Å². The molecule has 6 rings (SSSR count). The minimum atomic E-state index is -0.371. The largest absolute Gasteiger partial charge is 0.378 e. The standard InChI is InChI=1S/C27H27FN8O2/c1-34(2)16-20-21(35-9-11-38-12-10-35)3-4-23(33-20)32-19-14-31-26(18-5-7-29-27(37)25(18)19)22-15-30-24-13-17(28)6-8-36(22)24/h3-8,13-15H,9-12,16H2,1-2H3,(H,29,37)(H,32,33). The molecule has 1 aliphatic heterocycles. The lowest BCUT2D eigenvalue weighted by Crippen LogP contribution is -2.37. The summed E-state index contributed by atoms with van der Waals surface area (Å²) in [5.74, 6) is 0.243. The minimum Gasteiger partial charge on any atom is -0.378 e. The highest BCUT2D eigenvalue weighted by Crippen LogP contribution is 2.32. The van der Waals surface area contributed by atoms with E-state index in [2.05, 4.69) is 31.2 Å². The Labute approximate surface area is 217 Å². The molecule has 10 nitrogen and oxygen atoms in total. The topological polar surface area (TPSA) is 104 Å². The highest BCUT2D eigenvalue weighted by atomic mass is 19.1. The molecule has 0 saturated carbocycles. The third-order valence-electron chi connectivity index (χ3n) is 6.56. The Morgan fingerprint density at radius 3 is 2.79 bits per heavy atom. The molecule has 5 aromatic heterocycles. The van der Waals surface area contributed by atoms with Crippen molar-refractivity contribution in [2.24, 2.45) is 0 Å². The molecule has 0 spiro atoms. The fourth-order valence-corrected chi connectivity index (χ4v) is 4.85. The van der Waals surface area contributed by atoms with Gasteiger partial charge in [0, 0.05) is 43.5 Å². The average molecular weight is 515 g/mol.